The molecule has 6 heteroatoms. The van der Waals surface area contributed by atoms with Gasteiger partial charge in [-0.2, -0.15) is 4.98 Å². The Morgan fingerprint density at radius 1 is 1.18 bits per heavy atom. The molecule has 2 heterocycles. The Kier molecular flexibility index (Phi) is 6.57. The van der Waals surface area contributed by atoms with E-state index in [-0.39, 0.29) is 0 Å². The van der Waals surface area contributed by atoms with E-state index in [1.165, 1.54) is 5.56 Å². The number of pyridine rings is 1. The molecule has 0 saturated carbocycles. The third kappa shape index (κ3) is 5.29. The second-order valence-corrected chi connectivity index (χ2v) is 5.04. The van der Waals surface area contributed by atoms with Crippen LogP contribution < -0.4 is 10.2 Å². The number of hydrogen-bond donors (Lipinski definition) is 1. The van der Waals surface area contributed by atoms with Gasteiger partial charge in [0.05, 0.1) is 0 Å². The van der Waals surface area contributed by atoms with Gasteiger partial charge in [-0.3, -0.25) is 4.98 Å². The van der Waals surface area contributed by atoms with E-state index in [9.17, 15) is 0 Å². The Morgan fingerprint density at radius 3 is 2.77 bits per heavy atom. The molecule has 2 rings (SSSR count). The molecule has 6 nitrogen and oxygen atoms in total. The summed E-state index contributed by atoms with van der Waals surface area (Å²) < 4.78 is 5.03. The summed E-state index contributed by atoms with van der Waals surface area (Å²) in [5, 5.41) is 3.28. The molecule has 118 valence electrons. The van der Waals surface area contributed by atoms with Crippen LogP contribution in [0, 0.1) is 0 Å². The molecular weight excluding hydrogens is 278 g/mol. The van der Waals surface area contributed by atoms with Gasteiger partial charge >= 0.3 is 0 Å². The van der Waals surface area contributed by atoms with E-state index in [4.69, 9.17) is 4.74 Å². The number of likely N-dealkylation sites (N-methyl/N-ethyl adjacent to an activating group) is 1. The first-order valence-corrected chi connectivity index (χ1v) is 7.45. The van der Waals surface area contributed by atoms with E-state index in [1.54, 1.807) is 13.3 Å². The summed E-state index contributed by atoms with van der Waals surface area (Å²) in [5.74, 6) is 1.57. The lowest BCUT2D eigenvalue weighted by Gasteiger charge is -2.17. The Hall–Kier alpha value is -2.21. The van der Waals surface area contributed by atoms with Crippen LogP contribution in [0.4, 0.5) is 11.8 Å². The fourth-order valence-corrected chi connectivity index (χ4v) is 2.01. The molecule has 1 N–H and O–H groups in total. The van der Waals surface area contributed by atoms with E-state index in [2.05, 4.69) is 25.2 Å². The minimum atomic E-state index is 0.728. The van der Waals surface area contributed by atoms with Crippen LogP contribution in [0.25, 0.3) is 0 Å². The summed E-state index contributed by atoms with van der Waals surface area (Å²) in [6.07, 6.45) is 7.30. The number of anilines is 2. The molecule has 0 spiro atoms. The van der Waals surface area contributed by atoms with Crippen LogP contribution in [0.1, 0.15) is 12.0 Å². The number of rotatable bonds is 9. The molecule has 22 heavy (non-hydrogen) atoms. The van der Waals surface area contributed by atoms with Crippen LogP contribution in [0.5, 0.6) is 0 Å². The second kappa shape index (κ2) is 8.94. The zero-order chi connectivity index (χ0) is 15.6. The van der Waals surface area contributed by atoms with Gasteiger partial charge < -0.3 is 15.0 Å². The highest BCUT2D eigenvalue weighted by Crippen LogP contribution is 2.10. The van der Waals surface area contributed by atoms with Gasteiger partial charge in [0.15, 0.2) is 0 Å². The maximum atomic E-state index is 5.03. The molecule has 0 saturated heterocycles. The van der Waals surface area contributed by atoms with Crippen LogP contribution in [-0.2, 0) is 11.2 Å². The average Bonchev–Trinajstić information content (AvgIpc) is 2.58. The van der Waals surface area contributed by atoms with E-state index in [0.717, 1.165) is 44.3 Å². The molecule has 0 radical (unpaired) electrons. The molecule has 0 bridgehead atoms. The van der Waals surface area contributed by atoms with Gasteiger partial charge in [0.1, 0.15) is 5.82 Å². The Morgan fingerprint density at radius 2 is 2.00 bits per heavy atom. The molecule has 0 fully saturated rings. The van der Waals surface area contributed by atoms with Gasteiger partial charge in [0.2, 0.25) is 5.95 Å². The Bertz CT molecular complexity index is 549. The van der Waals surface area contributed by atoms with Crippen LogP contribution in [0.15, 0.2) is 36.8 Å². The first-order valence-electron chi connectivity index (χ1n) is 7.45. The number of ether oxygens (including phenoxy) is 1. The van der Waals surface area contributed by atoms with Gasteiger partial charge in [0.25, 0.3) is 0 Å². The molecule has 2 aromatic rings. The smallest absolute Gasteiger partial charge is 0.226 e. The van der Waals surface area contributed by atoms with E-state index in [0.29, 0.717) is 0 Å². The lowest BCUT2D eigenvalue weighted by Crippen LogP contribution is -2.23. The number of aromatic nitrogens is 3. The summed E-state index contributed by atoms with van der Waals surface area (Å²) in [6, 6.07) is 5.94. The van der Waals surface area contributed by atoms with Gasteiger partial charge in [-0.25, -0.2) is 4.98 Å². The Labute approximate surface area is 131 Å². The zero-order valence-electron chi connectivity index (χ0n) is 13.2. The highest BCUT2D eigenvalue weighted by Gasteiger charge is 2.05. The fourth-order valence-electron chi connectivity index (χ4n) is 2.01. The van der Waals surface area contributed by atoms with Gasteiger partial charge in [-0.1, -0.05) is 0 Å². The van der Waals surface area contributed by atoms with Crippen LogP contribution in [-0.4, -0.2) is 48.8 Å². The molecule has 2 aromatic heterocycles. The number of nitrogens with one attached hydrogen (secondary N) is 1. The standard InChI is InChI=1S/C16H23N5O/c1-21(12-7-14-4-9-17-10-5-14)16-19-11-6-15(20-16)18-8-3-13-22-2/h4-6,9-11H,3,7-8,12-13H2,1-2H3,(H,18,19,20). The normalized spacial score (nSPS) is 10.5. The van der Waals surface area contributed by atoms with Crippen molar-refractivity contribution >= 4 is 11.8 Å². The summed E-state index contributed by atoms with van der Waals surface area (Å²) >= 11 is 0. The Balaban J connectivity index is 1.85. The van der Waals surface area contributed by atoms with Crippen molar-refractivity contribution in [1.29, 1.82) is 0 Å². The third-order valence-corrected chi connectivity index (χ3v) is 3.30. The summed E-state index contributed by atoms with van der Waals surface area (Å²) in [6.45, 7) is 2.44. The maximum absolute atomic E-state index is 5.03. The van der Waals surface area contributed by atoms with Crippen molar-refractivity contribution in [3.05, 3.63) is 42.4 Å². The predicted octanol–water partition coefficient (Wildman–Crippen LogP) is 2.00. The van der Waals surface area contributed by atoms with Crippen LogP contribution >= 0.6 is 0 Å². The van der Waals surface area contributed by atoms with Gasteiger partial charge in [-0.15, -0.1) is 0 Å². The summed E-state index contributed by atoms with van der Waals surface area (Å²) in [4.78, 5) is 15.0. The predicted molar refractivity (Wildman–Crippen MR) is 88.2 cm³/mol. The van der Waals surface area contributed by atoms with E-state index < -0.39 is 0 Å². The molecule has 0 unspecified atom stereocenters. The largest absolute Gasteiger partial charge is 0.385 e. The molecular formula is C16H23N5O. The zero-order valence-corrected chi connectivity index (χ0v) is 13.2. The summed E-state index contributed by atoms with van der Waals surface area (Å²) in [5.41, 5.74) is 1.26. The van der Waals surface area contributed by atoms with Crippen molar-refractivity contribution in [1.82, 2.24) is 15.0 Å². The topological polar surface area (TPSA) is 63.2 Å². The minimum Gasteiger partial charge on any atom is -0.385 e. The molecule has 0 aliphatic rings. The van der Waals surface area contributed by atoms with Crippen molar-refractivity contribution in [2.75, 3.05) is 44.1 Å². The summed E-state index contributed by atoms with van der Waals surface area (Å²) in [7, 11) is 3.71. The van der Waals surface area contributed by atoms with Crippen molar-refractivity contribution < 1.29 is 4.74 Å². The minimum absolute atomic E-state index is 0.728. The molecule has 0 aromatic carbocycles. The lowest BCUT2D eigenvalue weighted by atomic mass is 10.2. The fraction of sp³-hybridized carbons (Fsp3) is 0.438. The van der Waals surface area contributed by atoms with Crippen LogP contribution in [0.2, 0.25) is 0 Å². The SMILES string of the molecule is COCCCNc1ccnc(N(C)CCc2ccncc2)n1. The molecule has 0 atom stereocenters. The van der Waals surface area contributed by atoms with E-state index >= 15 is 0 Å². The first-order chi connectivity index (χ1) is 10.8. The lowest BCUT2D eigenvalue weighted by molar-refractivity contribution is 0.198. The monoisotopic (exact) mass is 301 g/mol. The van der Waals surface area contributed by atoms with Crippen LogP contribution in [0.3, 0.4) is 0 Å². The van der Waals surface area contributed by atoms with E-state index in [1.807, 2.05) is 37.6 Å². The third-order valence-electron chi connectivity index (χ3n) is 3.30. The van der Waals surface area contributed by atoms with Crippen molar-refractivity contribution in [3.8, 4) is 0 Å². The first kappa shape index (κ1) is 16.2. The van der Waals surface area contributed by atoms with Crippen molar-refractivity contribution in [2.24, 2.45) is 0 Å². The van der Waals surface area contributed by atoms with Crippen molar-refractivity contribution in [2.45, 2.75) is 12.8 Å². The maximum Gasteiger partial charge on any atom is 0.226 e. The van der Waals surface area contributed by atoms with Gasteiger partial charge in [-0.05, 0) is 36.6 Å². The van der Waals surface area contributed by atoms with Crippen molar-refractivity contribution in [3.63, 3.8) is 0 Å². The second-order valence-electron chi connectivity index (χ2n) is 5.04. The number of nitrogens with zero attached hydrogens (tertiary/aromatic N) is 4. The molecule has 0 aliphatic carbocycles. The number of methoxy groups -OCH3 is 1. The number of hydrogen-bond acceptors (Lipinski definition) is 6. The highest BCUT2D eigenvalue weighted by atomic mass is 16.5. The molecule has 0 aliphatic heterocycles. The van der Waals surface area contributed by atoms with Gasteiger partial charge in [0, 0.05) is 52.4 Å². The quantitative estimate of drug-likeness (QED) is 0.715. The average molecular weight is 301 g/mol. The molecule has 0 amide bonds. The highest BCUT2D eigenvalue weighted by molar-refractivity contribution is 5.40.